The number of thioether (sulfide) groups is 1. The van der Waals surface area contributed by atoms with Crippen molar-refractivity contribution in [1.82, 2.24) is 4.90 Å². The lowest BCUT2D eigenvalue weighted by atomic mass is 10.5. The number of nitrogens with zero attached hydrogens (tertiary/aromatic N) is 2. The first-order valence-corrected chi connectivity index (χ1v) is 4.36. The van der Waals surface area contributed by atoms with E-state index in [-0.39, 0.29) is 0 Å². The van der Waals surface area contributed by atoms with E-state index in [9.17, 15) is 0 Å². The van der Waals surface area contributed by atoms with Crippen LogP contribution in [0.1, 0.15) is 0 Å². The molecule has 1 aliphatic heterocycles. The van der Waals surface area contributed by atoms with Gasteiger partial charge in [0.1, 0.15) is 0 Å². The average molecular weight is 160 g/mol. The summed E-state index contributed by atoms with van der Waals surface area (Å²) in [5, 5.41) is 3.42. The van der Waals surface area contributed by atoms with E-state index in [1.165, 1.54) is 0 Å². The highest BCUT2D eigenvalue weighted by Crippen LogP contribution is 2.07. The largest absolute Gasteiger partial charge is 0.368 e. The molecule has 1 aliphatic rings. The second kappa shape index (κ2) is 3.55. The predicted molar refractivity (Wildman–Crippen MR) is 44.7 cm³/mol. The van der Waals surface area contributed by atoms with Crippen molar-refractivity contribution >= 4 is 17.7 Å². The standard InChI is InChI=1S/C5H12N4S/c6-5(8-7)9-1-3-10-4-2-9/h1-4,7H2,(H2,6,8). The average Bonchev–Trinajstić information content (AvgIpc) is 2.05. The lowest BCUT2D eigenvalue weighted by molar-refractivity contribution is 0.456. The van der Waals surface area contributed by atoms with Crippen molar-refractivity contribution in [3.8, 4) is 0 Å². The summed E-state index contributed by atoms with van der Waals surface area (Å²) >= 11 is 1.93. The van der Waals surface area contributed by atoms with E-state index in [2.05, 4.69) is 5.10 Å². The summed E-state index contributed by atoms with van der Waals surface area (Å²) in [5.74, 6) is 7.72. The number of hydrogen-bond acceptors (Lipinski definition) is 3. The van der Waals surface area contributed by atoms with E-state index in [1.54, 1.807) is 0 Å². The number of hydrogen-bond donors (Lipinski definition) is 2. The van der Waals surface area contributed by atoms with E-state index < -0.39 is 0 Å². The molecule has 1 fully saturated rings. The summed E-state index contributed by atoms with van der Waals surface area (Å²) in [6.45, 7) is 1.94. The fourth-order valence-corrected chi connectivity index (χ4v) is 1.78. The van der Waals surface area contributed by atoms with Gasteiger partial charge in [-0.05, 0) is 0 Å². The van der Waals surface area contributed by atoms with E-state index in [0.717, 1.165) is 24.6 Å². The zero-order chi connectivity index (χ0) is 7.40. The molecular weight excluding hydrogens is 148 g/mol. The van der Waals surface area contributed by atoms with Crippen LogP contribution in [0, 0.1) is 0 Å². The van der Waals surface area contributed by atoms with E-state index in [0.29, 0.717) is 5.96 Å². The second-order valence-electron chi connectivity index (χ2n) is 2.09. The molecule has 58 valence electrons. The third-order valence-electron chi connectivity index (χ3n) is 1.47. The summed E-state index contributed by atoms with van der Waals surface area (Å²) in [7, 11) is 0. The summed E-state index contributed by atoms with van der Waals surface area (Å²) in [4.78, 5) is 2.00. The highest BCUT2D eigenvalue weighted by atomic mass is 32.2. The van der Waals surface area contributed by atoms with Crippen LogP contribution in [0.15, 0.2) is 5.10 Å². The van der Waals surface area contributed by atoms with Gasteiger partial charge in [-0.15, -0.1) is 5.10 Å². The topological polar surface area (TPSA) is 67.6 Å². The van der Waals surface area contributed by atoms with Crippen LogP contribution in [0.2, 0.25) is 0 Å². The van der Waals surface area contributed by atoms with Gasteiger partial charge in [0.05, 0.1) is 0 Å². The first kappa shape index (κ1) is 7.53. The van der Waals surface area contributed by atoms with Crippen LogP contribution < -0.4 is 11.6 Å². The van der Waals surface area contributed by atoms with Gasteiger partial charge in [-0.25, -0.2) is 0 Å². The van der Waals surface area contributed by atoms with Gasteiger partial charge in [-0.3, -0.25) is 0 Å². The number of rotatable bonds is 0. The molecule has 0 unspecified atom stereocenters. The Hall–Kier alpha value is -0.580. The van der Waals surface area contributed by atoms with Gasteiger partial charge in [-0.2, -0.15) is 11.8 Å². The molecule has 4 nitrogen and oxygen atoms in total. The van der Waals surface area contributed by atoms with Gasteiger partial charge >= 0.3 is 0 Å². The van der Waals surface area contributed by atoms with Crippen LogP contribution >= 0.6 is 11.8 Å². The van der Waals surface area contributed by atoms with Gasteiger partial charge in [0.15, 0.2) is 0 Å². The van der Waals surface area contributed by atoms with Crippen molar-refractivity contribution < 1.29 is 0 Å². The third kappa shape index (κ3) is 1.70. The zero-order valence-corrected chi connectivity index (χ0v) is 6.60. The molecule has 4 N–H and O–H groups in total. The minimum atomic E-state index is 0.459. The minimum absolute atomic E-state index is 0.459. The van der Waals surface area contributed by atoms with Crippen molar-refractivity contribution in [2.45, 2.75) is 0 Å². The minimum Gasteiger partial charge on any atom is -0.368 e. The lowest BCUT2D eigenvalue weighted by Crippen LogP contribution is -2.43. The van der Waals surface area contributed by atoms with E-state index in [4.69, 9.17) is 11.6 Å². The Morgan fingerprint density at radius 3 is 2.50 bits per heavy atom. The van der Waals surface area contributed by atoms with Crippen LogP contribution in [0.5, 0.6) is 0 Å². The van der Waals surface area contributed by atoms with E-state index in [1.807, 2.05) is 16.7 Å². The highest BCUT2D eigenvalue weighted by molar-refractivity contribution is 7.99. The van der Waals surface area contributed by atoms with Crippen LogP contribution in [-0.4, -0.2) is 35.5 Å². The highest BCUT2D eigenvalue weighted by Gasteiger charge is 2.11. The van der Waals surface area contributed by atoms with E-state index >= 15 is 0 Å². The molecule has 1 heterocycles. The molecule has 0 aliphatic carbocycles. The molecular formula is C5H12N4S. The maximum absolute atomic E-state index is 5.49. The van der Waals surface area contributed by atoms with Crippen molar-refractivity contribution in [2.24, 2.45) is 16.7 Å². The fourth-order valence-electron chi connectivity index (χ4n) is 0.874. The molecule has 0 aromatic carbocycles. The van der Waals surface area contributed by atoms with Gasteiger partial charge in [0, 0.05) is 24.6 Å². The quantitative estimate of drug-likeness (QED) is 0.211. The molecule has 5 heteroatoms. The third-order valence-corrected chi connectivity index (χ3v) is 2.41. The van der Waals surface area contributed by atoms with Crippen molar-refractivity contribution in [2.75, 3.05) is 24.6 Å². The van der Waals surface area contributed by atoms with Gasteiger partial charge in [0.2, 0.25) is 5.96 Å². The Bertz CT molecular complexity index is 130. The lowest BCUT2D eigenvalue weighted by Gasteiger charge is -2.26. The molecule has 0 saturated carbocycles. The fraction of sp³-hybridized carbons (Fsp3) is 0.800. The van der Waals surface area contributed by atoms with Crippen molar-refractivity contribution in [3.63, 3.8) is 0 Å². The summed E-state index contributed by atoms with van der Waals surface area (Å²) in [6.07, 6.45) is 0. The molecule has 0 radical (unpaired) electrons. The Morgan fingerprint density at radius 2 is 2.00 bits per heavy atom. The molecule has 0 amide bonds. The number of nitrogens with two attached hydrogens (primary N) is 2. The monoisotopic (exact) mass is 160 g/mol. The maximum Gasteiger partial charge on any atom is 0.213 e. The Kier molecular flexibility index (Phi) is 2.68. The zero-order valence-electron chi connectivity index (χ0n) is 5.79. The summed E-state index contributed by atoms with van der Waals surface area (Å²) in [5.41, 5.74) is 5.49. The van der Waals surface area contributed by atoms with Gasteiger partial charge in [0.25, 0.3) is 0 Å². The number of hydrazone groups is 1. The molecule has 0 aromatic heterocycles. The predicted octanol–water partition coefficient (Wildman–Crippen LogP) is -0.776. The molecule has 10 heavy (non-hydrogen) atoms. The van der Waals surface area contributed by atoms with Crippen LogP contribution in [-0.2, 0) is 0 Å². The smallest absolute Gasteiger partial charge is 0.213 e. The molecule has 0 atom stereocenters. The molecule has 1 rings (SSSR count). The Morgan fingerprint density at radius 1 is 1.40 bits per heavy atom. The first-order chi connectivity index (χ1) is 4.84. The molecule has 0 bridgehead atoms. The van der Waals surface area contributed by atoms with Crippen LogP contribution in [0.4, 0.5) is 0 Å². The Balaban J connectivity index is 2.39. The Labute approximate surface area is 64.6 Å². The van der Waals surface area contributed by atoms with Crippen molar-refractivity contribution in [3.05, 3.63) is 0 Å². The second-order valence-corrected chi connectivity index (χ2v) is 3.31. The molecule has 0 aromatic rings. The maximum atomic E-state index is 5.49. The molecule has 1 saturated heterocycles. The first-order valence-electron chi connectivity index (χ1n) is 3.20. The van der Waals surface area contributed by atoms with Gasteiger partial charge < -0.3 is 16.5 Å². The summed E-state index contributed by atoms with van der Waals surface area (Å²) in [6, 6.07) is 0. The van der Waals surface area contributed by atoms with Crippen molar-refractivity contribution in [1.29, 1.82) is 0 Å². The normalized spacial score (nSPS) is 21.2. The SMILES string of the molecule is N/N=C(\N)N1CCSCC1. The van der Waals surface area contributed by atoms with Crippen LogP contribution in [0.25, 0.3) is 0 Å². The summed E-state index contributed by atoms with van der Waals surface area (Å²) < 4.78 is 0. The van der Waals surface area contributed by atoms with Gasteiger partial charge in [-0.1, -0.05) is 0 Å². The molecule has 0 spiro atoms. The number of guanidine groups is 1. The van der Waals surface area contributed by atoms with Crippen LogP contribution in [0.3, 0.4) is 0 Å².